The van der Waals surface area contributed by atoms with Crippen LogP contribution in [-0.2, 0) is 0 Å². The minimum atomic E-state index is 0.811. The first kappa shape index (κ1) is 39.3. The maximum absolute atomic E-state index is 7.19. The maximum Gasteiger partial charge on any atom is 0.159 e. The van der Waals surface area contributed by atoms with Crippen LogP contribution in [0.4, 0.5) is 34.1 Å². The Balaban J connectivity index is 0.936. The Morgan fingerprint density at radius 1 is 0.309 bits per heavy atom. The van der Waals surface area contributed by atoms with Gasteiger partial charge in [-0.05, 0) is 118 Å². The van der Waals surface area contributed by atoms with E-state index in [0.717, 1.165) is 112 Å². The van der Waals surface area contributed by atoms with Gasteiger partial charge in [0.1, 0.15) is 16.9 Å². The van der Waals surface area contributed by atoms with E-state index in [4.69, 9.17) is 9.15 Å². The van der Waals surface area contributed by atoms with Crippen molar-refractivity contribution < 1.29 is 9.15 Å². The highest BCUT2D eigenvalue weighted by Crippen LogP contribution is 2.54. The highest BCUT2D eigenvalue weighted by molar-refractivity contribution is 6.10. The second-order valence-electron chi connectivity index (χ2n) is 17.3. The molecular formula is C64H42N2O2. The molecule has 4 nitrogen and oxygen atoms in total. The summed E-state index contributed by atoms with van der Waals surface area (Å²) in [5.74, 6) is 1.63. The molecule has 12 aromatic rings. The number of furan rings is 1. The van der Waals surface area contributed by atoms with Crippen molar-refractivity contribution >= 4 is 66.8 Å². The number of fused-ring (bicyclic) bond motifs is 5. The molecule has 0 N–H and O–H groups in total. The molecule has 0 bridgehead atoms. The standard InChI is InChI=1S/C64H42N2O2/c1-4-14-43(15-5-1)44-26-28-45(29-27-44)46-30-35-51(36-31-46)66(52-37-32-47(33-38-52)54-22-13-24-57-55-21-10-11-25-60(55)67-63(54)57)59-40-34-48-16-12-23-56-58-42-53(39-41-61(58)68-64(59)62(48)56)65(49-17-6-2-7-18-49)50-19-8-3-9-20-50/h1-42H. The monoisotopic (exact) mass is 870 g/mol. The first-order chi connectivity index (χ1) is 33.7. The van der Waals surface area contributed by atoms with Crippen molar-refractivity contribution in [2.24, 2.45) is 0 Å². The predicted molar refractivity (Wildman–Crippen MR) is 282 cm³/mol. The summed E-state index contributed by atoms with van der Waals surface area (Å²) in [4.78, 5) is 4.62. The summed E-state index contributed by atoms with van der Waals surface area (Å²) in [6.07, 6.45) is 0. The third kappa shape index (κ3) is 6.78. The van der Waals surface area contributed by atoms with Crippen LogP contribution in [0.3, 0.4) is 0 Å². The largest absolute Gasteiger partial charge is 0.455 e. The Hall–Kier alpha value is -9.12. The van der Waals surface area contributed by atoms with Crippen LogP contribution in [0.2, 0.25) is 0 Å². The lowest BCUT2D eigenvalue weighted by Gasteiger charge is -2.31. The summed E-state index contributed by atoms with van der Waals surface area (Å²) in [7, 11) is 0. The van der Waals surface area contributed by atoms with Crippen LogP contribution in [0.25, 0.3) is 77.2 Å². The zero-order chi connectivity index (χ0) is 45.0. The lowest BCUT2D eigenvalue weighted by Crippen LogP contribution is -2.13. The molecule has 0 atom stereocenters. The Labute approximate surface area is 394 Å². The average Bonchev–Trinajstić information content (AvgIpc) is 3.80. The second kappa shape index (κ2) is 16.4. The number of anilines is 6. The van der Waals surface area contributed by atoms with Gasteiger partial charge in [0.25, 0.3) is 0 Å². The third-order valence-corrected chi connectivity index (χ3v) is 13.3. The van der Waals surface area contributed by atoms with Crippen LogP contribution in [0.5, 0.6) is 11.5 Å². The number of hydrogen-bond acceptors (Lipinski definition) is 4. The molecule has 13 rings (SSSR count). The molecule has 1 aliphatic rings. The first-order valence-corrected chi connectivity index (χ1v) is 23.1. The van der Waals surface area contributed by atoms with Crippen molar-refractivity contribution in [3.8, 4) is 56.0 Å². The van der Waals surface area contributed by atoms with Gasteiger partial charge in [0.05, 0.1) is 5.69 Å². The molecule has 0 aliphatic carbocycles. The molecule has 320 valence electrons. The fourth-order valence-electron chi connectivity index (χ4n) is 9.99. The minimum absolute atomic E-state index is 0.811. The number of ether oxygens (including phenoxy) is 1. The van der Waals surface area contributed by atoms with Gasteiger partial charge in [-0.3, -0.25) is 0 Å². The fraction of sp³-hybridized carbons (Fsp3) is 0. The number of rotatable bonds is 9. The van der Waals surface area contributed by atoms with Gasteiger partial charge in [0.15, 0.2) is 5.75 Å². The Kier molecular flexibility index (Phi) is 9.47. The Bertz CT molecular complexity index is 3750. The normalized spacial score (nSPS) is 11.6. The molecule has 11 aromatic carbocycles. The lowest BCUT2D eigenvalue weighted by molar-refractivity contribution is 0.488. The molecule has 68 heavy (non-hydrogen) atoms. The lowest BCUT2D eigenvalue weighted by atomic mass is 9.93. The van der Waals surface area contributed by atoms with Gasteiger partial charge in [0.2, 0.25) is 0 Å². The summed E-state index contributed by atoms with van der Waals surface area (Å²) in [5, 5.41) is 4.43. The molecule has 1 aliphatic heterocycles. The minimum Gasteiger partial charge on any atom is -0.455 e. The molecule has 2 heterocycles. The predicted octanol–water partition coefficient (Wildman–Crippen LogP) is 18.5. The maximum atomic E-state index is 7.19. The molecule has 4 heteroatoms. The van der Waals surface area contributed by atoms with Crippen molar-refractivity contribution in [2.45, 2.75) is 0 Å². The summed E-state index contributed by atoms with van der Waals surface area (Å²) in [5.41, 5.74) is 17.0. The number of hydrogen-bond donors (Lipinski definition) is 0. The van der Waals surface area contributed by atoms with E-state index in [-0.39, 0.29) is 0 Å². The molecule has 0 saturated carbocycles. The van der Waals surface area contributed by atoms with Crippen LogP contribution in [0.1, 0.15) is 0 Å². The summed E-state index contributed by atoms with van der Waals surface area (Å²) < 4.78 is 13.7. The molecular weight excluding hydrogens is 829 g/mol. The van der Waals surface area contributed by atoms with Gasteiger partial charge < -0.3 is 19.0 Å². The molecule has 1 aromatic heterocycles. The fourth-order valence-corrected chi connectivity index (χ4v) is 9.99. The van der Waals surface area contributed by atoms with E-state index < -0.39 is 0 Å². The highest BCUT2D eigenvalue weighted by Gasteiger charge is 2.28. The van der Waals surface area contributed by atoms with E-state index in [1.807, 2.05) is 12.1 Å². The molecule has 0 radical (unpaired) electrons. The van der Waals surface area contributed by atoms with Crippen LogP contribution >= 0.6 is 0 Å². The quantitative estimate of drug-likeness (QED) is 0.144. The summed E-state index contributed by atoms with van der Waals surface area (Å²) >= 11 is 0. The van der Waals surface area contributed by atoms with Crippen LogP contribution in [-0.4, -0.2) is 0 Å². The van der Waals surface area contributed by atoms with Crippen LogP contribution in [0.15, 0.2) is 259 Å². The van der Waals surface area contributed by atoms with Crippen LogP contribution < -0.4 is 14.5 Å². The van der Waals surface area contributed by atoms with Gasteiger partial charge in [-0.25, -0.2) is 0 Å². The third-order valence-electron chi connectivity index (χ3n) is 13.3. The van der Waals surface area contributed by atoms with Crippen LogP contribution in [0, 0.1) is 0 Å². The topological polar surface area (TPSA) is 28.9 Å². The van der Waals surface area contributed by atoms with Crippen molar-refractivity contribution in [3.63, 3.8) is 0 Å². The van der Waals surface area contributed by atoms with Crippen molar-refractivity contribution in [1.29, 1.82) is 0 Å². The van der Waals surface area contributed by atoms with Gasteiger partial charge in [0, 0.05) is 55.7 Å². The van der Waals surface area contributed by atoms with E-state index in [1.54, 1.807) is 0 Å². The summed E-state index contributed by atoms with van der Waals surface area (Å²) in [6.45, 7) is 0. The van der Waals surface area contributed by atoms with E-state index in [2.05, 4.69) is 252 Å². The zero-order valence-electron chi connectivity index (χ0n) is 37.0. The highest BCUT2D eigenvalue weighted by atomic mass is 16.5. The molecule has 0 fully saturated rings. The van der Waals surface area contributed by atoms with Gasteiger partial charge in [-0.2, -0.15) is 0 Å². The number of para-hydroxylation sites is 4. The van der Waals surface area contributed by atoms with Gasteiger partial charge in [-0.15, -0.1) is 0 Å². The number of benzene rings is 11. The van der Waals surface area contributed by atoms with E-state index in [1.165, 1.54) is 11.1 Å². The molecule has 0 saturated heterocycles. The SMILES string of the molecule is c1ccc(-c2ccc(-c3ccc(N(c4ccc(-c5cccc6c5oc5ccccc56)cc4)c4ccc5cccc6c5c4Oc4ccc(N(c5ccccc5)c5ccccc5)cc4-6)cc3)cc2)cc1. The molecule has 0 unspecified atom stereocenters. The van der Waals surface area contributed by atoms with E-state index in [9.17, 15) is 0 Å². The molecule has 0 spiro atoms. The summed E-state index contributed by atoms with van der Waals surface area (Å²) in [6, 6.07) is 90.3. The van der Waals surface area contributed by atoms with Crippen molar-refractivity contribution in [2.75, 3.05) is 9.80 Å². The van der Waals surface area contributed by atoms with Gasteiger partial charge in [-0.1, -0.05) is 176 Å². The Morgan fingerprint density at radius 2 is 0.824 bits per heavy atom. The Morgan fingerprint density at radius 3 is 1.50 bits per heavy atom. The van der Waals surface area contributed by atoms with E-state index >= 15 is 0 Å². The smallest absolute Gasteiger partial charge is 0.159 e. The van der Waals surface area contributed by atoms with Gasteiger partial charge >= 0.3 is 0 Å². The zero-order valence-corrected chi connectivity index (χ0v) is 37.0. The first-order valence-electron chi connectivity index (χ1n) is 23.1. The van der Waals surface area contributed by atoms with E-state index in [0.29, 0.717) is 0 Å². The number of nitrogens with zero attached hydrogens (tertiary/aromatic N) is 2. The molecule has 0 amide bonds. The average molecular weight is 871 g/mol. The van der Waals surface area contributed by atoms with Crippen molar-refractivity contribution in [3.05, 3.63) is 255 Å². The van der Waals surface area contributed by atoms with Crippen molar-refractivity contribution in [1.82, 2.24) is 0 Å². The second-order valence-corrected chi connectivity index (χ2v) is 17.3.